The molecule has 3 aromatic rings. The second-order valence-electron chi connectivity index (χ2n) is 8.64. The highest BCUT2D eigenvalue weighted by molar-refractivity contribution is 6.21. The molecular formula is C27H25N3O4. The van der Waals surface area contributed by atoms with Crippen LogP contribution in [0.5, 0.6) is 0 Å². The van der Waals surface area contributed by atoms with Crippen LogP contribution in [-0.2, 0) is 11.4 Å². The molecule has 3 amide bonds. The summed E-state index contributed by atoms with van der Waals surface area (Å²) >= 11 is 0. The van der Waals surface area contributed by atoms with Crippen molar-refractivity contribution in [2.75, 3.05) is 26.2 Å². The lowest BCUT2D eigenvalue weighted by molar-refractivity contribution is -0.0605. The third kappa shape index (κ3) is 4.30. The number of carbonyl (C=O) groups excluding carboxylic acids is 3. The molecule has 0 unspecified atom stereocenters. The van der Waals surface area contributed by atoms with Crippen molar-refractivity contribution in [1.82, 2.24) is 14.9 Å². The van der Waals surface area contributed by atoms with Crippen molar-refractivity contribution >= 4 is 17.9 Å². The van der Waals surface area contributed by atoms with Crippen LogP contribution in [0.25, 0.3) is 11.1 Å². The molecule has 7 nitrogen and oxygen atoms in total. The Morgan fingerprint density at radius 2 is 1.50 bits per heavy atom. The van der Waals surface area contributed by atoms with Crippen molar-refractivity contribution in [3.05, 3.63) is 95.1 Å². The molecule has 172 valence electrons. The lowest BCUT2D eigenvalue weighted by Gasteiger charge is -2.34. The van der Waals surface area contributed by atoms with E-state index in [9.17, 15) is 14.4 Å². The summed E-state index contributed by atoms with van der Waals surface area (Å²) in [4.78, 5) is 47.5. The number of aryl methyl sites for hydroxylation is 1. The molecule has 0 atom stereocenters. The van der Waals surface area contributed by atoms with Gasteiger partial charge in [-0.25, -0.2) is 4.79 Å². The molecule has 34 heavy (non-hydrogen) atoms. The standard InChI is InChI=1S/C27H25N3O4/c1-19-6-5-9-21(16-19)22-10-11-23-24(17-22)26(32)30(25(23)31)34-27(33)29-14-12-28(13-15-29)18-20-7-3-2-4-8-20/h2-11,16-17H,12-15,18H2,1H3. The van der Waals surface area contributed by atoms with Crippen LogP contribution in [0, 0.1) is 6.92 Å². The van der Waals surface area contributed by atoms with Gasteiger partial charge in [0.15, 0.2) is 0 Å². The fourth-order valence-corrected chi connectivity index (χ4v) is 4.37. The number of piperazine rings is 1. The molecule has 0 spiro atoms. The summed E-state index contributed by atoms with van der Waals surface area (Å²) in [6.07, 6.45) is -0.687. The van der Waals surface area contributed by atoms with Crippen molar-refractivity contribution in [1.29, 1.82) is 0 Å². The van der Waals surface area contributed by atoms with E-state index in [1.54, 1.807) is 18.2 Å². The van der Waals surface area contributed by atoms with Crippen molar-refractivity contribution in [2.45, 2.75) is 13.5 Å². The quantitative estimate of drug-likeness (QED) is 0.554. The summed E-state index contributed by atoms with van der Waals surface area (Å²) in [5.41, 5.74) is 4.57. The number of hydrogen-bond acceptors (Lipinski definition) is 5. The summed E-state index contributed by atoms with van der Waals surface area (Å²) < 4.78 is 0. The molecule has 0 N–H and O–H groups in total. The number of carbonyl (C=O) groups is 3. The van der Waals surface area contributed by atoms with Crippen molar-refractivity contribution in [3.8, 4) is 11.1 Å². The topological polar surface area (TPSA) is 70.2 Å². The van der Waals surface area contributed by atoms with Crippen molar-refractivity contribution in [3.63, 3.8) is 0 Å². The number of benzene rings is 3. The first-order chi connectivity index (χ1) is 16.5. The van der Waals surface area contributed by atoms with Crippen LogP contribution in [0.3, 0.4) is 0 Å². The maximum Gasteiger partial charge on any atom is 0.434 e. The number of hydroxylamine groups is 2. The molecule has 0 saturated carbocycles. The van der Waals surface area contributed by atoms with E-state index in [1.165, 1.54) is 10.5 Å². The lowest BCUT2D eigenvalue weighted by atomic mass is 9.99. The SMILES string of the molecule is Cc1cccc(-c2ccc3c(c2)C(=O)N(OC(=O)N2CCN(Cc4ccccc4)CC2)C3=O)c1. The van der Waals surface area contributed by atoms with Crippen LogP contribution in [0.1, 0.15) is 31.8 Å². The molecule has 2 heterocycles. The van der Waals surface area contributed by atoms with Gasteiger partial charge in [-0.05, 0) is 35.7 Å². The highest BCUT2D eigenvalue weighted by Gasteiger charge is 2.40. The van der Waals surface area contributed by atoms with Gasteiger partial charge in [0.25, 0.3) is 11.8 Å². The van der Waals surface area contributed by atoms with Gasteiger partial charge in [-0.15, -0.1) is 0 Å². The lowest BCUT2D eigenvalue weighted by Crippen LogP contribution is -2.50. The molecule has 0 radical (unpaired) electrons. The molecule has 1 fully saturated rings. The van der Waals surface area contributed by atoms with E-state index in [-0.39, 0.29) is 11.1 Å². The van der Waals surface area contributed by atoms with E-state index >= 15 is 0 Å². The summed E-state index contributed by atoms with van der Waals surface area (Å²) in [6, 6.07) is 23.2. The van der Waals surface area contributed by atoms with Crippen LogP contribution in [0.15, 0.2) is 72.8 Å². The number of imide groups is 1. The minimum atomic E-state index is -0.687. The first-order valence-electron chi connectivity index (χ1n) is 11.3. The highest BCUT2D eigenvalue weighted by atomic mass is 16.7. The highest BCUT2D eigenvalue weighted by Crippen LogP contribution is 2.29. The number of nitrogens with zero attached hydrogens (tertiary/aromatic N) is 3. The van der Waals surface area contributed by atoms with Crippen molar-refractivity contribution < 1.29 is 19.2 Å². The predicted molar refractivity (Wildman–Crippen MR) is 127 cm³/mol. The molecule has 0 aliphatic carbocycles. The monoisotopic (exact) mass is 455 g/mol. The molecule has 1 saturated heterocycles. The molecule has 3 aromatic carbocycles. The average molecular weight is 456 g/mol. The van der Waals surface area contributed by atoms with Gasteiger partial charge in [0, 0.05) is 32.7 Å². The van der Waals surface area contributed by atoms with E-state index in [2.05, 4.69) is 17.0 Å². The Morgan fingerprint density at radius 1 is 0.794 bits per heavy atom. The molecular weight excluding hydrogens is 430 g/mol. The van der Waals surface area contributed by atoms with Gasteiger partial charge in [0.1, 0.15) is 0 Å². The van der Waals surface area contributed by atoms with Crippen LogP contribution in [-0.4, -0.2) is 58.9 Å². The molecule has 0 bridgehead atoms. The van der Waals surface area contributed by atoms with Gasteiger partial charge in [-0.2, -0.15) is 0 Å². The summed E-state index contributed by atoms with van der Waals surface area (Å²) in [6.45, 7) is 5.11. The van der Waals surface area contributed by atoms with Crippen LogP contribution in [0.2, 0.25) is 0 Å². The van der Waals surface area contributed by atoms with E-state index in [0.29, 0.717) is 31.2 Å². The Balaban J connectivity index is 1.23. The number of amides is 3. The maximum atomic E-state index is 12.9. The third-order valence-corrected chi connectivity index (χ3v) is 6.25. The Kier molecular flexibility index (Phi) is 5.86. The summed E-state index contributed by atoms with van der Waals surface area (Å²) in [5.74, 6) is -1.24. The van der Waals surface area contributed by atoms with Gasteiger partial charge in [0.2, 0.25) is 0 Å². The summed E-state index contributed by atoms with van der Waals surface area (Å²) in [7, 11) is 0. The van der Waals surface area contributed by atoms with Gasteiger partial charge in [-0.1, -0.05) is 71.3 Å². The second-order valence-corrected chi connectivity index (χ2v) is 8.64. The Bertz CT molecular complexity index is 1250. The van der Waals surface area contributed by atoms with E-state index in [0.717, 1.165) is 23.2 Å². The molecule has 2 aliphatic heterocycles. The van der Waals surface area contributed by atoms with E-state index in [1.807, 2.05) is 49.4 Å². The Morgan fingerprint density at radius 3 is 2.24 bits per heavy atom. The fourth-order valence-electron chi connectivity index (χ4n) is 4.37. The third-order valence-electron chi connectivity index (χ3n) is 6.25. The number of fused-ring (bicyclic) bond motifs is 1. The molecule has 0 aromatic heterocycles. The minimum Gasteiger partial charge on any atom is -0.310 e. The zero-order valence-corrected chi connectivity index (χ0v) is 18.9. The van der Waals surface area contributed by atoms with Crippen molar-refractivity contribution in [2.24, 2.45) is 0 Å². The Hall–Kier alpha value is -3.97. The van der Waals surface area contributed by atoms with Gasteiger partial charge >= 0.3 is 6.09 Å². The largest absolute Gasteiger partial charge is 0.434 e. The molecule has 5 rings (SSSR count). The van der Waals surface area contributed by atoms with Crippen LogP contribution in [0.4, 0.5) is 4.79 Å². The smallest absolute Gasteiger partial charge is 0.310 e. The van der Waals surface area contributed by atoms with Gasteiger partial charge < -0.3 is 9.74 Å². The van der Waals surface area contributed by atoms with Gasteiger partial charge in [-0.3, -0.25) is 14.5 Å². The van der Waals surface area contributed by atoms with E-state index < -0.39 is 17.9 Å². The first kappa shape index (κ1) is 21.9. The average Bonchev–Trinajstić information content (AvgIpc) is 3.09. The normalized spacial score (nSPS) is 16.0. The number of hydrogen-bond donors (Lipinski definition) is 0. The van der Waals surface area contributed by atoms with Crippen LogP contribution < -0.4 is 0 Å². The fraction of sp³-hybridized carbons (Fsp3) is 0.222. The zero-order valence-electron chi connectivity index (χ0n) is 18.9. The zero-order chi connectivity index (χ0) is 23.7. The number of rotatable bonds is 4. The Labute approximate surface area is 198 Å². The van der Waals surface area contributed by atoms with E-state index in [4.69, 9.17) is 4.84 Å². The first-order valence-corrected chi connectivity index (χ1v) is 11.3. The minimum absolute atomic E-state index is 0.238. The van der Waals surface area contributed by atoms with Crippen LogP contribution >= 0.6 is 0 Å². The maximum absolute atomic E-state index is 12.9. The second kappa shape index (κ2) is 9.11. The predicted octanol–water partition coefficient (Wildman–Crippen LogP) is 4.13. The summed E-state index contributed by atoms with van der Waals surface area (Å²) in [5, 5.41) is 0.587. The van der Waals surface area contributed by atoms with Gasteiger partial charge in [0.05, 0.1) is 11.1 Å². The molecule has 2 aliphatic rings. The molecule has 7 heteroatoms.